The average Bonchev–Trinajstić information content (AvgIpc) is 3.44. The van der Waals surface area contributed by atoms with Crippen LogP contribution in [0.4, 0.5) is 10.1 Å². The monoisotopic (exact) mass is 428 g/mol. The topological polar surface area (TPSA) is 101 Å². The third-order valence-electron chi connectivity index (χ3n) is 4.60. The maximum absolute atomic E-state index is 13.2. The van der Waals surface area contributed by atoms with Crippen LogP contribution in [-0.2, 0) is 10.0 Å². The van der Waals surface area contributed by atoms with E-state index in [-0.39, 0.29) is 33.8 Å². The van der Waals surface area contributed by atoms with Crippen molar-refractivity contribution in [2.45, 2.75) is 36.8 Å². The number of sulfonamides is 1. The van der Waals surface area contributed by atoms with Gasteiger partial charge in [0.1, 0.15) is 10.7 Å². The molecule has 150 valence electrons. The molecule has 2 aromatic carbocycles. The van der Waals surface area contributed by atoms with Gasteiger partial charge in [0.05, 0.1) is 16.0 Å². The van der Waals surface area contributed by atoms with E-state index < -0.39 is 26.9 Å². The van der Waals surface area contributed by atoms with E-state index in [9.17, 15) is 28.0 Å². The Kier molecular flexibility index (Phi) is 5.72. The maximum atomic E-state index is 13.2. The van der Waals surface area contributed by atoms with Gasteiger partial charge >= 0.3 is 0 Å². The van der Waals surface area contributed by atoms with Crippen molar-refractivity contribution in [2.75, 3.05) is 6.54 Å². The highest BCUT2D eigenvalue weighted by atomic mass is 35.5. The molecule has 28 heavy (non-hydrogen) atoms. The fourth-order valence-electron chi connectivity index (χ4n) is 2.93. The van der Waals surface area contributed by atoms with Gasteiger partial charge in [-0.3, -0.25) is 10.1 Å². The van der Waals surface area contributed by atoms with Crippen molar-refractivity contribution < 1.29 is 22.8 Å². The fraction of sp³-hybridized carbons (Fsp3) is 0.333. The lowest BCUT2D eigenvalue weighted by Crippen LogP contribution is -2.36. The van der Waals surface area contributed by atoms with Crippen LogP contribution in [-0.4, -0.2) is 35.3 Å². The van der Waals surface area contributed by atoms with Crippen LogP contribution in [0.5, 0.6) is 0 Å². The first-order valence-electron chi connectivity index (χ1n) is 8.51. The standard InChI is InChI=1S/C18H18ClFN2O5S/c1-11-8-15(19)18(9-16(11)22(24)25)28(26,27)21(14-6-7-14)10-17(23)12-2-4-13(20)5-3-12/h2-5,8-9,14,17,23H,6-7,10H2,1H3/t17-/m1/s1. The molecule has 1 N–H and O–H groups in total. The predicted molar refractivity (Wildman–Crippen MR) is 101 cm³/mol. The molecule has 1 aliphatic rings. The summed E-state index contributed by atoms with van der Waals surface area (Å²) >= 11 is 6.10. The highest BCUT2D eigenvalue weighted by molar-refractivity contribution is 7.89. The number of nitro benzene ring substituents is 1. The van der Waals surface area contributed by atoms with E-state index in [1.165, 1.54) is 37.3 Å². The Morgan fingerprint density at radius 3 is 2.46 bits per heavy atom. The van der Waals surface area contributed by atoms with Crippen LogP contribution < -0.4 is 0 Å². The molecule has 0 spiro atoms. The zero-order valence-corrected chi connectivity index (χ0v) is 16.5. The first-order valence-corrected chi connectivity index (χ1v) is 10.3. The van der Waals surface area contributed by atoms with Crippen LogP contribution in [0.2, 0.25) is 5.02 Å². The van der Waals surface area contributed by atoms with Gasteiger partial charge in [0, 0.05) is 24.2 Å². The second-order valence-corrected chi connectivity index (χ2v) is 8.97. The smallest absolute Gasteiger partial charge is 0.273 e. The molecule has 0 unspecified atom stereocenters. The molecule has 10 heteroatoms. The lowest BCUT2D eigenvalue weighted by Gasteiger charge is -2.25. The summed E-state index contributed by atoms with van der Waals surface area (Å²) in [4.78, 5) is 10.2. The number of aliphatic hydroxyl groups is 1. The SMILES string of the molecule is Cc1cc(Cl)c(S(=O)(=O)N(C[C@@H](O)c2ccc(F)cc2)C2CC2)cc1[N+](=O)[O-]. The van der Waals surface area contributed by atoms with Gasteiger partial charge in [0.2, 0.25) is 10.0 Å². The van der Waals surface area contributed by atoms with Gasteiger partial charge < -0.3 is 5.11 Å². The Morgan fingerprint density at radius 1 is 1.32 bits per heavy atom. The fourth-order valence-corrected chi connectivity index (χ4v) is 5.20. The number of aryl methyl sites for hydroxylation is 1. The quantitative estimate of drug-likeness (QED) is 0.536. The number of aliphatic hydroxyl groups excluding tert-OH is 1. The number of halogens is 2. The summed E-state index contributed by atoms with van der Waals surface area (Å²) in [5, 5.41) is 21.5. The predicted octanol–water partition coefficient (Wildman–Crippen LogP) is 3.58. The van der Waals surface area contributed by atoms with Gasteiger partial charge in [-0.1, -0.05) is 23.7 Å². The van der Waals surface area contributed by atoms with Gasteiger partial charge in [0.15, 0.2) is 0 Å². The summed E-state index contributed by atoms with van der Waals surface area (Å²) in [6, 6.07) is 6.98. The minimum atomic E-state index is -4.19. The summed E-state index contributed by atoms with van der Waals surface area (Å²) in [7, 11) is -4.19. The largest absolute Gasteiger partial charge is 0.387 e. The molecule has 1 aliphatic carbocycles. The van der Waals surface area contributed by atoms with Crippen LogP contribution in [0.3, 0.4) is 0 Å². The van der Waals surface area contributed by atoms with Crippen molar-refractivity contribution >= 4 is 27.3 Å². The maximum Gasteiger partial charge on any atom is 0.273 e. The molecule has 1 atom stereocenters. The highest BCUT2D eigenvalue weighted by Crippen LogP contribution is 2.37. The molecule has 0 aromatic heterocycles. The third-order valence-corrected chi connectivity index (χ3v) is 6.98. The summed E-state index contributed by atoms with van der Waals surface area (Å²) in [5.74, 6) is -0.471. The summed E-state index contributed by atoms with van der Waals surface area (Å²) in [6.45, 7) is 1.20. The zero-order chi connectivity index (χ0) is 20.6. The number of hydrogen-bond acceptors (Lipinski definition) is 5. The number of nitro groups is 1. The van der Waals surface area contributed by atoms with E-state index >= 15 is 0 Å². The summed E-state index contributed by atoms with van der Waals surface area (Å²) in [6.07, 6.45) is 0.0391. The van der Waals surface area contributed by atoms with Crippen LogP contribution in [0.1, 0.15) is 30.1 Å². The van der Waals surface area contributed by atoms with Crippen molar-refractivity contribution in [1.29, 1.82) is 0 Å². The molecule has 1 saturated carbocycles. The highest BCUT2D eigenvalue weighted by Gasteiger charge is 2.40. The van der Waals surface area contributed by atoms with Crippen molar-refractivity contribution in [3.8, 4) is 0 Å². The molecule has 0 radical (unpaired) electrons. The molecule has 7 nitrogen and oxygen atoms in total. The van der Waals surface area contributed by atoms with E-state index in [0.29, 0.717) is 18.4 Å². The van der Waals surface area contributed by atoms with Crippen molar-refractivity contribution in [3.05, 3.63) is 68.5 Å². The van der Waals surface area contributed by atoms with Gasteiger partial charge in [0.25, 0.3) is 5.69 Å². The van der Waals surface area contributed by atoms with Crippen LogP contribution in [0, 0.1) is 22.9 Å². The molecule has 1 fully saturated rings. The Bertz CT molecular complexity index is 1010. The van der Waals surface area contributed by atoms with Crippen LogP contribution >= 0.6 is 11.6 Å². The first-order chi connectivity index (χ1) is 13.1. The number of benzene rings is 2. The number of hydrogen-bond donors (Lipinski definition) is 1. The van der Waals surface area contributed by atoms with Crippen LogP contribution in [0.25, 0.3) is 0 Å². The molecule has 0 aliphatic heterocycles. The van der Waals surface area contributed by atoms with Crippen molar-refractivity contribution in [3.63, 3.8) is 0 Å². The summed E-state index contributed by atoms with van der Waals surface area (Å²) in [5.41, 5.74) is 0.263. The van der Waals surface area contributed by atoms with E-state index in [0.717, 1.165) is 10.4 Å². The minimum Gasteiger partial charge on any atom is -0.387 e. The first kappa shape index (κ1) is 20.7. The van der Waals surface area contributed by atoms with E-state index in [2.05, 4.69) is 0 Å². The van der Waals surface area contributed by atoms with Gasteiger partial charge in [-0.25, -0.2) is 12.8 Å². The Labute approximate surface area is 166 Å². The minimum absolute atomic E-state index is 0.120. The van der Waals surface area contributed by atoms with Crippen molar-refractivity contribution in [1.82, 2.24) is 4.31 Å². The normalized spacial score (nSPS) is 15.6. The number of rotatable bonds is 7. The molecule has 0 saturated heterocycles. The van der Waals surface area contributed by atoms with E-state index in [1.54, 1.807) is 0 Å². The van der Waals surface area contributed by atoms with Crippen molar-refractivity contribution in [2.24, 2.45) is 0 Å². The van der Waals surface area contributed by atoms with Gasteiger partial charge in [-0.15, -0.1) is 0 Å². The van der Waals surface area contributed by atoms with E-state index in [1.807, 2.05) is 0 Å². The van der Waals surface area contributed by atoms with Crippen LogP contribution in [0.15, 0.2) is 41.3 Å². The molecular formula is C18H18ClFN2O5S. The average molecular weight is 429 g/mol. The summed E-state index contributed by atoms with van der Waals surface area (Å²) < 4.78 is 40.6. The Hall–Kier alpha value is -2.07. The second kappa shape index (κ2) is 7.75. The number of nitrogens with zero attached hydrogens (tertiary/aromatic N) is 2. The molecule has 2 aromatic rings. The molecule has 3 rings (SSSR count). The van der Waals surface area contributed by atoms with E-state index in [4.69, 9.17) is 11.6 Å². The lowest BCUT2D eigenvalue weighted by atomic mass is 10.1. The second-order valence-electron chi connectivity index (χ2n) is 6.70. The molecule has 0 heterocycles. The Morgan fingerprint density at radius 2 is 1.93 bits per heavy atom. The lowest BCUT2D eigenvalue weighted by molar-refractivity contribution is -0.385. The molecular weight excluding hydrogens is 411 g/mol. The molecule has 0 bridgehead atoms. The zero-order valence-electron chi connectivity index (χ0n) is 14.9. The third kappa shape index (κ3) is 4.17. The molecule has 0 amide bonds. The van der Waals surface area contributed by atoms with Gasteiger partial charge in [-0.2, -0.15) is 4.31 Å². The Balaban J connectivity index is 1.96. The van der Waals surface area contributed by atoms with Gasteiger partial charge in [-0.05, 0) is 43.5 Å².